The molecule has 0 spiro atoms. The van der Waals surface area contributed by atoms with Gasteiger partial charge in [-0.3, -0.25) is 29.2 Å². The number of hydrogen-bond donors (Lipinski definition) is 11. The van der Waals surface area contributed by atoms with Crippen LogP contribution in [0.25, 0.3) is 21.8 Å². The number of hydrogen-bond acceptors (Lipinski definition) is 13. The standard InChI is InChI=1S/C59H79Br2N13O10S2/c1-34-26-50(83-7)36(3)38(5)54(34)85(79,80)73-58(62)67-23-11-14-48(71-52(75)28-40-32-69-46-18-16-42(60)30-44(40)46)56(77)65-22-10-9-20-64-21-13-25-66-57(78)49(72-53(76)29-41-33-70-47-19-17-43(61)31-45(41)47)15-12-24-68-59(63)74-86(81,82)55-35(2)27-51(84-8)37(4)39(55)6/h16-19,26-27,30-33,48-49,64,69-70H,9-15,20-25,28-29H2,1-8H3,(H,65,77)(H,66,78)(H,71,75)(H,72,76)(H3,62,67,73)(H3,63,68,74)/t48-,49-/m1/s1. The maximum Gasteiger partial charge on any atom is 0.264 e. The Morgan fingerprint density at radius 1 is 0.558 bits per heavy atom. The number of amides is 4. The van der Waals surface area contributed by atoms with E-state index in [1.807, 2.05) is 36.4 Å². The lowest BCUT2D eigenvalue weighted by Gasteiger charge is -2.19. The van der Waals surface area contributed by atoms with Gasteiger partial charge in [0.25, 0.3) is 20.0 Å². The second kappa shape index (κ2) is 31.4. The van der Waals surface area contributed by atoms with Crippen LogP contribution in [0.4, 0.5) is 0 Å². The number of carbonyl (C=O) groups is 4. The first kappa shape index (κ1) is 67.9. The van der Waals surface area contributed by atoms with Gasteiger partial charge in [0.2, 0.25) is 35.5 Å². The third-order valence-corrected chi connectivity index (χ3v) is 18.9. The number of aromatic nitrogens is 2. The van der Waals surface area contributed by atoms with E-state index >= 15 is 0 Å². The van der Waals surface area contributed by atoms with Crippen LogP contribution in [0.3, 0.4) is 0 Å². The summed E-state index contributed by atoms with van der Waals surface area (Å²) in [5.74, 6) is -0.994. The number of halogens is 2. The van der Waals surface area contributed by atoms with Gasteiger partial charge < -0.3 is 57.5 Å². The Morgan fingerprint density at radius 3 is 1.37 bits per heavy atom. The summed E-state index contributed by atoms with van der Waals surface area (Å²) in [4.78, 5) is 69.3. The fraction of sp³-hybridized carbons (Fsp3) is 0.424. The van der Waals surface area contributed by atoms with Crippen molar-refractivity contribution < 1.29 is 45.5 Å². The zero-order chi connectivity index (χ0) is 62.9. The Bertz CT molecular complexity index is 3480. The topological polar surface area (TPSA) is 348 Å². The lowest BCUT2D eigenvalue weighted by Crippen LogP contribution is -2.47. The highest BCUT2D eigenvalue weighted by atomic mass is 79.9. The van der Waals surface area contributed by atoms with Gasteiger partial charge in [-0.1, -0.05) is 31.9 Å². The number of nitrogens with two attached hydrogens (primary N) is 2. The van der Waals surface area contributed by atoms with Crippen molar-refractivity contribution >= 4 is 109 Å². The molecule has 2 atom stereocenters. The van der Waals surface area contributed by atoms with Crippen LogP contribution in [0.5, 0.6) is 11.5 Å². The van der Waals surface area contributed by atoms with Crippen LogP contribution in [0, 0.1) is 41.5 Å². The molecule has 0 saturated heterocycles. The molecular formula is C59H79Br2N13O10S2. The Kier molecular flexibility index (Phi) is 24.8. The monoisotopic (exact) mass is 1350 g/mol. The van der Waals surface area contributed by atoms with E-state index in [9.17, 15) is 36.0 Å². The summed E-state index contributed by atoms with van der Waals surface area (Å²) in [6, 6.07) is 12.9. The molecule has 0 aliphatic heterocycles. The molecule has 4 aromatic carbocycles. The third kappa shape index (κ3) is 18.7. The molecule has 6 rings (SSSR count). The summed E-state index contributed by atoms with van der Waals surface area (Å²) in [7, 11) is -5.16. The van der Waals surface area contributed by atoms with Gasteiger partial charge in [-0.15, -0.1) is 0 Å². The number of nitrogens with zero attached hydrogens (tertiary/aromatic N) is 2. The summed E-state index contributed by atoms with van der Waals surface area (Å²) in [5, 5.41) is 16.7. The Labute approximate surface area is 519 Å². The number of unbranched alkanes of at least 4 members (excludes halogenated alkanes) is 1. The molecule has 2 heterocycles. The molecule has 0 aliphatic rings. The number of guanidine groups is 2. The van der Waals surface area contributed by atoms with Crippen molar-refractivity contribution in [1.82, 2.24) is 46.0 Å². The molecular weight excluding hydrogens is 1270 g/mol. The van der Waals surface area contributed by atoms with Gasteiger partial charge in [-0.25, -0.2) is 26.3 Å². The van der Waals surface area contributed by atoms with Gasteiger partial charge in [-0.05, 0) is 193 Å². The predicted molar refractivity (Wildman–Crippen MR) is 343 cm³/mol. The molecule has 23 nitrogen and oxygen atoms in total. The van der Waals surface area contributed by atoms with E-state index in [-0.39, 0.29) is 97.0 Å². The van der Waals surface area contributed by atoms with Gasteiger partial charge in [0.15, 0.2) is 0 Å². The number of aromatic amines is 2. The molecule has 2 aromatic heterocycles. The van der Waals surface area contributed by atoms with Crippen LogP contribution >= 0.6 is 31.9 Å². The Hall–Kier alpha value is -7.20. The smallest absolute Gasteiger partial charge is 0.264 e. The van der Waals surface area contributed by atoms with E-state index in [0.29, 0.717) is 90.3 Å². The number of ether oxygens (including phenoxy) is 2. The number of methoxy groups -OCH3 is 2. The molecule has 86 heavy (non-hydrogen) atoms. The molecule has 0 bridgehead atoms. The molecule has 4 amide bonds. The number of aryl methyl sites for hydroxylation is 2. The molecule has 0 unspecified atom stereocenters. The van der Waals surface area contributed by atoms with Crippen molar-refractivity contribution in [3.8, 4) is 11.5 Å². The number of benzene rings is 4. The first-order valence-electron chi connectivity index (χ1n) is 28.1. The van der Waals surface area contributed by atoms with E-state index < -0.39 is 32.1 Å². The number of fused-ring (bicyclic) bond motifs is 2. The van der Waals surface area contributed by atoms with E-state index in [1.165, 1.54) is 14.2 Å². The quantitative estimate of drug-likeness (QED) is 0.0137. The van der Waals surface area contributed by atoms with Crippen molar-refractivity contribution in [2.45, 2.75) is 121 Å². The number of nitrogens with one attached hydrogen (secondary N) is 9. The molecule has 466 valence electrons. The van der Waals surface area contributed by atoms with E-state index in [4.69, 9.17) is 20.9 Å². The van der Waals surface area contributed by atoms with Crippen molar-refractivity contribution in [2.75, 3.05) is 53.5 Å². The molecule has 0 aliphatic carbocycles. The SMILES string of the molecule is COc1cc(C)c(S(=O)(=O)NC(N)=NCCC[C@@H](NC(=O)Cc2c[nH]c3ccc(Br)cc23)C(=O)NCCCCNCCCNC(=O)[C@@H](CCCN=C(N)NS(=O)(=O)c2c(C)cc(OC)c(C)c2C)NC(=O)Cc2c[nH]c3ccc(Br)cc23)c(C)c1C. The number of aliphatic imine (C=N–C) groups is 2. The fourth-order valence-corrected chi connectivity index (χ4v) is 13.8. The molecule has 13 N–H and O–H groups in total. The average molecular weight is 1350 g/mol. The summed E-state index contributed by atoms with van der Waals surface area (Å²) in [6.07, 6.45) is 6.40. The van der Waals surface area contributed by atoms with Crippen LogP contribution in [-0.2, 0) is 52.1 Å². The minimum Gasteiger partial charge on any atom is -0.496 e. The van der Waals surface area contributed by atoms with Crippen LogP contribution in [-0.4, -0.2) is 128 Å². The third-order valence-electron chi connectivity index (χ3n) is 14.7. The summed E-state index contributed by atoms with van der Waals surface area (Å²) in [5.41, 5.74) is 18.7. The van der Waals surface area contributed by atoms with Gasteiger partial charge in [0, 0.05) is 69.3 Å². The zero-order valence-corrected chi connectivity index (χ0v) is 54.5. The number of H-pyrrole nitrogens is 2. The summed E-state index contributed by atoms with van der Waals surface area (Å²) < 4.78 is 70.9. The van der Waals surface area contributed by atoms with Crippen molar-refractivity contribution in [1.29, 1.82) is 0 Å². The lowest BCUT2D eigenvalue weighted by atomic mass is 10.1. The molecule has 0 saturated carbocycles. The normalized spacial score (nSPS) is 12.9. The number of sulfonamides is 2. The van der Waals surface area contributed by atoms with Gasteiger partial charge in [0.1, 0.15) is 23.6 Å². The summed E-state index contributed by atoms with van der Waals surface area (Å²) >= 11 is 6.98. The summed E-state index contributed by atoms with van der Waals surface area (Å²) in [6.45, 7) is 12.2. The van der Waals surface area contributed by atoms with Gasteiger partial charge >= 0.3 is 0 Å². The van der Waals surface area contributed by atoms with E-state index in [0.717, 1.165) is 41.9 Å². The average Bonchev–Trinajstić information content (AvgIpc) is 3.70. The first-order valence-corrected chi connectivity index (χ1v) is 32.7. The first-order chi connectivity index (χ1) is 40.8. The van der Waals surface area contributed by atoms with Crippen LogP contribution in [0.1, 0.15) is 89.5 Å². The fourth-order valence-electron chi connectivity index (χ4n) is 10.1. The van der Waals surface area contributed by atoms with Crippen molar-refractivity contribution in [3.63, 3.8) is 0 Å². The number of carbonyl (C=O) groups excluding carboxylic acids is 4. The lowest BCUT2D eigenvalue weighted by molar-refractivity contribution is -0.128. The minimum absolute atomic E-state index is 0.0144. The second-order valence-corrected chi connectivity index (χ2v) is 26.0. The highest BCUT2D eigenvalue weighted by molar-refractivity contribution is 9.10. The van der Waals surface area contributed by atoms with Crippen LogP contribution in [0.15, 0.2) is 89.6 Å². The maximum atomic E-state index is 13.7. The largest absolute Gasteiger partial charge is 0.496 e. The molecule has 6 aromatic rings. The Morgan fingerprint density at radius 2 is 0.953 bits per heavy atom. The molecule has 27 heteroatoms. The zero-order valence-electron chi connectivity index (χ0n) is 49.7. The highest BCUT2D eigenvalue weighted by Crippen LogP contribution is 2.32. The van der Waals surface area contributed by atoms with E-state index in [2.05, 4.69) is 87.8 Å². The van der Waals surface area contributed by atoms with Gasteiger partial charge in [-0.2, -0.15) is 0 Å². The minimum atomic E-state index is -4.10. The van der Waals surface area contributed by atoms with Crippen LogP contribution in [0.2, 0.25) is 0 Å². The molecule has 0 radical (unpaired) electrons. The molecule has 0 fully saturated rings. The van der Waals surface area contributed by atoms with Crippen molar-refractivity contribution in [2.24, 2.45) is 21.5 Å². The highest BCUT2D eigenvalue weighted by Gasteiger charge is 2.27. The maximum absolute atomic E-state index is 13.7. The van der Waals surface area contributed by atoms with E-state index in [1.54, 1.807) is 66.1 Å². The van der Waals surface area contributed by atoms with Crippen LogP contribution < -0.4 is 57.0 Å². The Balaban J connectivity index is 0.970. The predicted octanol–water partition coefficient (Wildman–Crippen LogP) is 5.94. The second-order valence-electron chi connectivity index (χ2n) is 21.0. The number of rotatable bonds is 31. The van der Waals surface area contributed by atoms with Gasteiger partial charge in [0.05, 0.1) is 36.9 Å². The van der Waals surface area contributed by atoms with Crippen molar-refractivity contribution in [3.05, 3.63) is 114 Å².